The summed E-state index contributed by atoms with van der Waals surface area (Å²) in [6.45, 7) is 4.43. The molecule has 0 aliphatic carbocycles. The molecule has 9 heteroatoms. The fraction of sp³-hybridized carbons (Fsp3) is 0.250. The maximum atomic E-state index is 13.2. The Morgan fingerprint density at radius 2 is 2.00 bits per heavy atom. The average Bonchev–Trinajstić information content (AvgIpc) is 3.12. The number of carbonyl (C=O) groups is 1. The molecule has 0 saturated heterocycles. The van der Waals surface area contributed by atoms with Crippen LogP contribution in [0.3, 0.4) is 0 Å². The molecule has 0 spiro atoms. The smallest absolute Gasteiger partial charge is 0.234 e. The van der Waals surface area contributed by atoms with Gasteiger partial charge in [-0.25, -0.2) is 4.39 Å². The highest BCUT2D eigenvalue weighted by molar-refractivity contribution is 7.99. The fourth-order valence-electron chi connectivity index (χ4n) is 2.74. The SMILES string of the molecule is CCn1c(SCC(=O)Nc2cc(C)c(Cl)cc2OC)nnc1-c1ccc(F)cc1. The molecule has 152 valence electrons. The van der Waals surface area contributed by atoms with Crippen molar-refractivity contribution in [3.8, 4) is 17.1 Å². The third-order valence-corrected chi connectivity index (χ3v) is 5.60. The molecular formula is C20H20ClFN4O2S. The maximum absolute atomic E-state index is 13.2. The molecule has 3 aromatic rings. The molecule has 0 aliphatic heterocycles. The second-order valence-corrected chi connectivity index (χ2v) is 7.55. The van der Waals surface area contributed by atoms with Gasteiger partial charge in [0.25, 0.3) is 0 Å². The Morgan fingerprint density at radius 3 is 2.66 bits per heavy atom. The van der Waals surface area contributed by atoms with Crippen molar-refractivity contribution in [3.63, 3.8) is 0 Å². The molecular weight excluding hydrogens is 415 g/mol. The summed E-state index contributed by atoms with van der Waals surface area (Å²) in [6, 6.07) is 9.51. The molecule has 0 aliphatic rings. The number of carbonyl (C=O) groups excluding carboxylic acids is 1. The van der Waals surface area contributed by atoms with E-state index in [2.05, 4.69) is 15.5 Å². The van der Waals surface area contributed by atoms with Gasteiger partial charge in [-0.15, -0.1) is 10.2 Å². The summed E-state index contributed by atoms with van der Waals surface area (Å²) in [7, 11) is 1.52. The zero-order valence-corrected chi connectivity index (χ0v) is 17.8. The van der Waals surface area contributed by atoms with Crippen LogP contribution in [0.1, 0.15) is 12.5 Å². The molecule has 1 heterocycles. The third kappa shape index (κ3) is 4.89. The highest BCUT2D eigenvalue weighted by Crippen LogP contribution is 2.31. The Hall–Kier alpha value is -2.58. The predicted molar refractivity (Wildman–Crippen MR) is 113 cm³/mol. The molecule has 1 amide bonds. The number of halogens is 2. The van der Waals surface area contributed by atoms with Gasteiger partial charge in [-0.05, 0) is 49.7 Å². The largest absolute Gasteiger partial charge is 0.495 e. The van der Waals surface area contributed by atoms with Crippen molar-refractivity contribution < 1.29 is 13.9 Å². The first-order valence-corrected chi connectivity index (χ1v) is 10.2. The van der Waals surface area contributed by atoms with Crippen LogP contribution < -0.4 is 10.1 Å². The van der Waals surface area contributed by atoms with E-state index in [1.807, 2.05) is 18.4 Å². The summed E-state index contributed by atoms with van der Waals surface area (Å²) in [4.78, 5) is 12.4. The molecule has 0 saturated carbocycles. The first-order chi connectivity index (χ1) is 13.9. The second-order valence-electron chi connectivity index (χ2n) is 6.20. The van der Waals surface area contributed by atoms with Gasteiger partial charge in [0, 0.05) is 23.2 Å². The first kappa shape index (κ1) is 21.1. The summed E-state index contributed by atoms with van der Waals surface area (Å²) in [6.07, 6.45) is 0. The molecule has 1 aromatic heterocycles. The van der Waals surface area contributed by atoms with E-state index in [4.69, 9.17) is 16.3 Å². The van der Waals surface area contributed by atoms with Crippen molar-refractivity contribution in [2.45, 2.75) is 25.5 Å². The number of nitrogens with one attached hydrogen (secondary N) is 1. The number of anilines is 1. The van der Waals surface area contributed by atoms with Crippen molar-refractivity contribution in [1.29, 1.82) is 0 Å². The summed E-state index contributed by atoms with van der Waals surface area (Å²) >= 11 is 7.38. The van der Waals surface area contributed by atoms with Gasteiger partial charge in [0.2, 0.25) is 5.91 Å². The monoisotopic (exact) mass is 434 g/mol. The highest BCUT2D eigenvalue weighted by Gasteiger charge is 2.16. The Labute approximate surface area is 177 Å². The standard InChI is InChI=1S/C20H20ClFN4O2S/c1-4-26-19(13-5-7-14(22)8-6-13)24-25-20(26)29-11-18(27)23-16-9-12(2)15(21)10-17(16)28-3/h5-10H,4,11H2,1-3H3,(H,23,27). The van der Waals surface area contributed by atoms with Gasteiger partial charge in [0.15, 0.2) is 11.0 Å². The number of aryl methyl sites for hydroxylation is 1. The van der Waals surface area contributed by atoms with E-state index in [9.17, 15) is 9.18 Å². The minimum absolute atomic E-state index is 0.145. The topological polar surface area (TPSA) is 69.0 Å². The lowest BCUT2D eigenvalue weighted by atomic mass is 10.2. The van der Waals surface area contributed by atoms with Crippen molar-refractivity contribution in [2.24, 2.45) is 0 Å². The van der Waals surface area contributed by atoms with E-state index < -0.39 is 0 Å². The lowest BCUT2D eigenvalue weighted by Crippen LogP contribution is -2.15. The van der Waals surface area contributed by atoms with Gasteiger partial charge in [-0.2, -0.15) is 0 Å². The Bertz CT molecular complexity index is 1020. The van der Waals surface area contributed by atoms with Crippen LogP contribution in [-0.2, 0) is 11.3 Å². The van der Waals surface area contributed by atoms with E-state index in [-0.39, 0.29) is 17.5 Å². The van der Waals surface area contributed by atoms with Gasteiger partial charge in [-0.3, -0.25) is 4.79 Å². The molecule has 2 aromatic carbocycles. The fourth-order valence-corrected chi connectivity index (χ4v) is 3.70. The van der Waals surface area contributed by atoms with Crippen LogP contribution >= 0.6 is 23.4 Å². The second kappa shape index (κ2) is 9.28. The van der Waals surface area contributed by atoms with Gasteiger partial charge in [0.1, 0.15) is 11.6 Å². The number of benzene rings is 2. The predicted octanol–water partition coefficient (Wildman–Crippen LogP) is 4.81. The number of nitrogens with zero attached hydrogens (tertiary/aromatic N) is 3. The Morgan fingerprint density at radius 1 is 1.28 bits per heavy atom. The number of hydrogen-bond acceptors (Lipinski definition) is 5. The summed E-state index contributed by atoms with van der Waals surface area (Å²) in [5, 5.41) is 12.4. The summed E-state index contributed by atoms with van der Waals surface area (Å²) in [5.41, 5.74) is 2.16. The number of thioether (sulfide) groups is 1. The highest BCUT2D eigenvalue weighted by atomic mass is 35.5. The molecule has 29 heavy (non-hydrogen) atoms. The van der Waals surface area contributed by atoms with Gasteiger partial charge >= 0.3 is 0 Å². The molecule has 0 unspecified atom stereocenters. The van der Waals surface area contributed by atoms with Gasteiger partial charge < -0.3 is 14.6 Å². The Kier molecular flexibility index (Phi) is 6.76. The minimum atomic E-state index is -0.310. The van der Waals surface area contributed by atoms with E-state index >= 15 is 0 Å². The maximum Gasteiger partial charge on any atom is 0.234 e. The molecule has 1 N–H and O–H groups in total. The molecule has 6 nitrogen and oxygen atoms in total. The van der Waals surface area contributed by atoms with Crippen LogP contribution in [0, 0.1) is 12.7 Å². The van der Waals surface area contributed by atoms with Crippen LogP contribution in [0.2, 0.25) is 5.02 Å². The van der Waals surface area contributed by atoms with Crippen molar-refractivity contribution in [3.05, 3.63) is 52.8 Å². The molecule has 0 atom stereocenters. The quantitative estimate of drug-likeness (QED) is 0.540. The van der Waals surface area contributed by atoms with Gasteiger partial charge in [0.05, 0.1) is 18.6 Å². The van der Waals surface area contributed by atoms with E-state index in [1.165, 1.54) is 31.0 Å². The number of ether oxygens (including phenoxy) is 1. The molecule has 0 fully saturated rings. The van der Waals surface area contributed by atoms with Crippen molar-refractivity contribution >= 4 is 35.0 Å². The van der Waals surface area contributed by atoms with Crippen molar-refractivity contribution in [2.75, 3.05) is 18.2 Å². The lowest BCUT2D eigenvalue weighted by molar-refractivity contribution is -0.113. The number of aromatic nitrogens is 3. The number of methoxy groups -OCH3 is 1. The third-order valence-electron chi connectivity index (χ3n) is 4.22. The zero-order valence-electron chi connectivity index (χ0n) is 16.2. The van der Waals surface area contributed by atoms with E-state index in [1.54, 1.807) is 24.3 Å². The van der Waals surface area contributed by atoms with Crippen LogP contribution in [0.25, 0.3) is 11.4 Å². The first-order valence-electron chi connectivity index (χ1n) is 8.88. The van der Waals surface area contributed by atoms with E-state index in [0.29, 0.717) is 34.0 Å². The van der Waals surface area contributed by atoms with Crippen molar-refractivity contribution in [1.82, 2.24) is 14.8 Å². The minimum Gasteiger partial charge on any atom is -0.495 e. The van der Waals surface area contributed by atoms with E-state index in [0.717, 1.165) is 11.1 Å². The molecule has 0 bridgehead atoms. The summed E-state index contributed by atoms with van der Waals surface area (Å²) in [5.74, 6) is 0.756. The molecule has 3 rings (SSSR count). The van der Waals surface area contributed by atoms with Crippen LogP contribution in [0.4, 0.5) is 10.1 Å². The normalized spacial score (nSPS) is 10.8. The number of hydrogen-bond donors (Lipinski definition) is 1. The zero-order chi connectivity index (χ0) is 21.0. The molecule has 0 radical (unpaired) electrons. The Balaban J connectivity index is 1.71. The summed E-state index contributed by atoms with van der Waals surface area (Å²) < 4.78 is 20.3. The average molecular weight is 435 g/mol. The lowest BCUT2D eigenvalue weighted by Gasteiger charge is -2.12. The van der Waals surface area contributed by atoms with Crippen LogP contribution in [0.15, 0.2) is 41.6 Å². The van der Waals surface area contributed by atoms with Crippen LogP contribution in [0.5, 0.6) is 5.75 Å². The van der Waals surface area contributed by atoms with Gasteiger partial charge in [-0.1, -0.05) is 23.4 Å². The number of amides is 1. The van der Waals surface area contributed by atoms with Crippen LogP contribution in [-0.4, -0.2) is 33.5 Å². The number of rotatable bonds is 7.